The molecule has 1 atom stereocenters. The highest BCUT2D eigenvalue weighted by molar-refractivity contribution is 7.09. The summed E-state index contributed by atoms with van der Waals surface area (Å²) in [5, 5.41) is 6.62. The second-order valence-electron chi connectivity index (χ2n) is 3.65. The van der Waals surface area contributed by atoms with Crippen LogP contribution in [0.1, 0.15) is 17.5 Å². The van der Waals surface area contributed by atoms with Crippen molar-refractivity contribution in [1.82, 2.24) is 15.6 Å². The molecule has 80 valence electrons. The van der Waals surface area contributed by atoms with Crippen molar-refractivity contribution in [3.05, 3.63) is 16.1 Å². The lowest BCUT2D eigenvalue weighted by Crippen LogP contribution is -2.27. The molecule has 4 heteroatoms. The van der Waals surface area contributed by atoms with Gasteiger partial charge in [0.25, 0.3) is 0 Å². The van der Waals surface area contributed by atoms with Crippen LogP contribution in [0.25, 0.3) is 0 Å². The third-order valence-electron chi connectivity index (χ3n) is 2.18. The number of nitrogens with one attached hydrogen (secondary N) is 2. The predicted octanol–water partition coefficient (Wildman–Crippen LogP) is 1.40. The molecule has 1 aromatic heterocycles. The van der Waals surface area contributed by atoms with E-state index in [1.165, 1.54) is 4.88 Å². The van der Waals surface area contributed by atoms with Crippen LogP contribution in [0.3, 0.4) is 0 Å². The minimum atomic E-state index is 0.674. The molecular formula is C10H19N3S. The molecule has 0 fully saturated rings. The van der Waals surface area contributed by atoms with Gasteiger partial charge in [-0.1, -0.05) is 6.92 Å². The normalized spacial score (nSPS) is 13.1. The lowest BCUT2D eigenvalue weighted by atomic mass is 10.2. The van der Waals surface area contributed by atoms with E-state index in [4.69, 9.17) is 0 Å². The molecule has 3 nitrogen and oxygen atoms in total. The van der Waals surface area contributed by atoms with Crippen LogP contribution in [-0.2, 0) is 6.54 Å². The van der Waals surface area contributed by atoms with Crippen molar-refractivity contribution in [2.45, 2.75) is 20.4 Å². The zero-order chi connectivity index (χ0) is 10.4. The van der Waals surface area contributed by atoms with E-state index in [-0.39, 0.29) is 0 Å². The molecule has 14 heavy (non-hydrogen) atoms. The van der Waals surface area contributed by atoms with Gasteiger partial charge in [0, 0.05) is 11.4 Å². The summed E-state index contributed by atoms with van der Waals surface area (Å²) in [5.41, 5.74) is 3.06. The molecular weight excluding hydrogens is 194 g/mol. The third kappa shape index (κ3) is 3.74. The van der Waals surface area contributed by atoms with Crippen molar-refractivity contribution in [2.24, 2.45) is 5.92 Å². The molecule has 0 aliphatic rings. The first-order chi connectivity index (χ1) is 6.74. The molecule has 0 aliphatic heterocycles. The molecule has 2 N–H and O–H groups in total. The van der Waals surface area contributed by atoms with E-state index < -0.39 is 0 Å². The van der Waals surface area contributed by atoms with E-state index in [9.17, 15) is 0 Å². The standard InChI is InChI=1S/C10H19N3S/c1-8(4-11-3)5-12-6-10-9(2)13-7-14-10/h7-8,11-12H,4-6H2,1-3H3. The maximum absolute atomic E-state index is 4.22. The lowest BCUT2D eigenvalue weighted by Gasteiger charge is -2.11. The average Bonchev–Trinajstić information content (AvgIpc) is 2.52. The van der Waals surface area contributed by atoms with Crippen LogP contribution in [0, 0.1) is 12.8 Å². The number of aromatic nitrogens is 1. The van der Waals surface area contributed by atoms with E-state index >= 15 is 0 Å². The van der Waals surface area contributed by atoms with Crippen LogP contribution in [0.2, 0.25) is 0 Å². The summed E-state index contributed by atoms with van der Waals surface area (Å²) in [6.07, 6.45) is 0. The number of hydrogen-bond acceptors (Lipinski definition) is 4. The maximum Gasteiger partial charge on any atom is 0.0798 e. The third-order valence-corrected chi connectivity index (χ3v) is 3.11. The fraction of sp³-hybridized carbons (Fsp3) is 0.700. The van der Waals surface area contributed by atoms with E-state index in [0.29, 0.717) is 5.92 Å². The number of rotatable bonds is 6. The molecule has 0 bridgehead atoms. The summed E-state index contributed by atoms with van der Waals surface area (Å²) in [6, 6.07) is 0. The number of aryl methyl sites for hydroxylation is 1. The quantitative estimate of drug-likeness (QED) is 0.750. The van der Waals surface area contributed by atoms with Crippen molar-refractivity contribution >= 4 is 11.3 Å². The van der Waals surface area contributed by atoms with Gasteiger partial charge in [0.1, 0.15) is 0 Å². The maximum atomic E-state index is 4.22. The van der Waals surface area contributed by atoms with Gasteiger partial charge in [-0.15, -0.1) is 11.3 Å². The first kappa shape index (κ1) is 11.6. The molecule has 1 rings (SSSR count). The van der Waals surface area contributed by atoms with Crippen molar-refractivity contribution in [2.75, 3.05) is 20.1 Å². The van der Waals surface area contributed by atoms with Gasteiger partial charge in [-0.25, -0.2) is 4.98 Å². The van der Waals surface area contributed by atoms with Gasteiger partial charge in [0.2, 0.25) is 0 Å². The first-order valence-corrected chi connectivity index (χ1v) is 5.86. The zero-order valence-electron chi connectivity index (χ0n) is 9.13. The van der Waals surface area contributed by atoms with Gasteiger partial charge in [0.15, 0.2) is 0 Å². The highest BCUT2D eigenvalue weighted by Gasteiger charge is 2.02. The molecule has 0 spiro atoms. The molecule has 0 aliphatic carbocycles. The summed E-state index contributed by atoms with van der Waals surface area (Å²) in [6.45, 7) is 7.37. The Labute approximate surface area is 89.9 Å². The van der Waals surface area contributed by atoms with Gasteiger partial charge in [-0.2, -0.15) is 0 Å². The average molecular weight is 213 g/mol. The first-order valence-electron chi connectivity index (χ1n) is 4.98. The van der Waals surface area contributed by atoms with Gasteiger partial charge in [-0.3, -0.25) is 0 Å². The van der Waals surface area contributed by atoms with Crippen molar-refractivity contribution in [1.29, 1.82) is 0 Å². The van der Waals surface area contributed by atoms with Crippen LogP contribution in [0.15, 0.2) is 5.51 Å². The Bertz CT molecular complexity index is 260. The summed E-state index contributed by atoms with van der Waals surface area (Å²) in [5.74, 6) is 0.674. The zero-order valence-corrected chi connectivity index (χ0v) is 9.95. The fourth-order valence-corrected chi connectivity index (χ4v) is 2.10. The van der Waals surface area contributed by atoms with Crippen LogP contribution >= 0.6 is 11.3 Å². The molecule has 0 radical (unpaired) electrons. The van der Waals surface area contributed by atoms with E-state index in [0.717, 1.165) is 25.3 Å². The second-order valence-corrected chi connectivity index (χ2v) is 4.59. The lowest BCUT2D eigenvalue weighted by molar-refractivity contribution is 0.492. The summed E-state index contributed by atoms with van der Waals surface area (Å²) >= 11 is 1.73. The molecule has 1 unspecified atom stereocenters. The fourth-order valence-electron chi connectivity index (χ4n) is 1.35. The summed E-state index contributed by atoms with van der Waals surface area (Å²) < 4.78 is 0. The molecule has 0 amide bonds. The SMILES string of the molecule is CNCC(C)CNCc1scnc1C. The monoisotopic (exact) mass is 213 g/mol. The number of thiazole rings is 1. The Hall–Kier alpha value is -0.450. The van der Waals surface area contributed by atoms with Crippen LogP contribution < -0.4 is 10.6 Å². The molecule has 0 aromatic carbocycles. The van der Waals surface area contributed by atoms with Gasteiger partial charge in [0.05, 0.1) is 11.2 Å². The van der Waals surface area contributed by atoms with Crippen LogP contribution in [0.5, 0.6) is 0 Å². The topological polar surface area (TPSA) is 37.0 Å². The molecule has 0 saturated carbocycles. The van der Waals surface area contributed by atoms with Crippen molar-refractivity contribution < 1.29 is 0 Å². The minimum absolute atomic E-state index is 0.674. The minimum Gasteiger partial charge on any atom is -0.319 e. The van der Waals surface area contributed by atoms with E-state index in [1.54, 1.807) is 11.3 Å². The summed E-state index contributed by atoms with van der Waals surface area (Å²) in [4.78, 5) is 5.57. The van der Waals surface area contributed by atoms with Gasteiger partial charge in [-0.05, 0) is 33.0 Å². The predicted molar refractivity (Wildman–Crippen MR) is 61.6 cm³/mol. The van der Waals surface area contributed by atoms with Gasteiger partial charge >= 0.3 is 0 Å². The molecule has 1 heterocycles. The smallest absolute Gasteiger partial charge is 0.0798 e. The largest absolute Gasteiger partial charge is 0.319 e. The Morgan fingerprint density at radius 3 is 2.86 bits per heavy atom. The number of hydrogen-bond donors (Lipinski definition) is 2. The Balaban J connectivity index is 2.19. The van der Waals surface area contributed by atoms with E-state index in [1.807, 2.05) is 12.6 Å². The van der Waals surface area contributed by atoms with Crippen molar-refractivity contribution in [3.8, 4) is 0 Å². The Morgan fingerprint density at radius 1 is 1.50 bits per heavy atom. The van der Waals surface area contributed by atoms with Crippen LogP contribution in [-0.4, -0.2) is 25.1 Å². The molecule has 1 aromatic rings. The Kier molecular flexibility index (Phi) is 5.07. The number of nitrogens with zero attached hydrogens (tertiary/aromatic N) is 1. The summed E-state index contributed by atoms with van der Waals surface area (Å²) in [7, 11) is 1.99. The highest BCUT2D eigenvalue weighted by atomic mass is 32.1. The van der Waals surface area contributed by atoms with Crippen molar-refractivity contribution in [3.63, 3.8) is 0 Å². The Morgan fingerprint density at radius 2 is 2.29 bits per heavy atom. The highest BCUT2D eigenvalue weighted by Crippen LogP contribution is 2.11. The molecule has 0 saturated heterocycles. The van der Waals surface area contributed by atoms with Crippen LogP contribution in [0.4, 0.5) is 0 Å². The van der Waals surface area contributed by atoms with E-state index in [2.05, 4.69) is 29.5 Å². The second kappa shape index (κ2) is 6.11. The van der Waals surface area contributed by atoms with Gasteiger partial charge < -0.3 is 10.6 Å².